The van der Waals surface area contributed by atoms with Crippen LogP contribution in [0.1, 0.15) is 50.3 Å². The molecule has 3 amide bonds. The van der Waals surface area contributed by atoms with Crippen LogP contribution in [-0.4, -0.2) is 34.0 Å². The molecule has 1 aromatic rings. The van der Waals surface area contributed by atoms with Crippen LogP contribution in [0.4, 0.5) is 4.79 Å². The fourth-order valence-electron chi connectivity index (χ4n) is 2.56. The Bertz CT molecular complexity index is 595. The van der Waals surface area contributed by atoms with Crippen LogP contribution in [-0.2, 0) is 9.59 Å². The molecule has 1 aromatic carbocycles. The number of amides is 3. The van der Waals surface area contributed by atoms with Crippen molar-refractivity contribution in [3.05, 3.63) is 35.4 Å². The van der Waals surface area contributed by atoms with Crippen molar-refractivity contribution in [3.8, 4) is 0 Å². The van der Waals surface area contributed by atoms with Gasteiger partial charge in [-0.15, -0.1) is 0 Å². The van der Waals surface area contributed by atoms with Gasteiger partial charge in [-0.1, -0.05) is 45.0 Å². The third kappa shape index (κ3) is 2.81. The summed E-state index contributed by atoms with van der Waals surface area (Å²) >= 11 is 0. The summed E-state index contributed by atoms with van der Waals surface area (Å²) in [5.41, 5.74) is 1.79. The number of nitrogens with zero attached hydrogens (tertiary/aromatic N) is 1. The van der Waals surface area contributed by atoms with Crippen molar-refractivity contribution < 1.29 is 19.5 Å². The minimum atomic E-state index is -1.18. The highest BCUT2D eigenvalue weighted by molar-refractivity contribution is 6.07. The molecular formula is C16H20N2O4. The van der Waals surface area contributed by atoms with Gasteiger partial charge in [-0.3, -0.25) is 4.79 Å². The fourth-order valence-corrected chi connectivity index (χ4v) is 2.56. The van der Waals surface area contributed by atoms with E-state index in [1.165, 1.54) is 0 Å². The number of hydrogen-bond donors (Lipinski definition) is 2. The molecule has 1 saturated heterocycles. The molecule has 2 rings (SSSR count). The first-order valence-corrected chi connectivity index (χ1v) is 7.33. The molecule has 1 aliphatic heterocycles. The molecule has 2 unspecified atom stereocenters. The molecule has 0 saturated carbocycles. The van der Waals surface area contributed by atoms with Gasteiger partial charge in [0.25, 0.3) is 5.91 Å². The zero-order valence-corrected chi connectivity index (χ0v) is 12.9. The number of carboxylic acids is 1. The van der Waals surface area contributed by atoms with Crippen molar-refractivity contribution in [1.82, 2.24) is 10.2 Å². The highest BCUT2D eigenvalue weighted by Gasteiger charge is 2.44. The predicted molar refractivity (Wildman–Crippen MR) is 80.4 cm³/mol. The standard InChI is InChI=1S/C16H20N2O4/c1-4-12(15(20)21)18-14(19)13(17-16(18)22)11-7-5-10(6-8-11)9(2)3/h5-9,12-13H,4H2,1-3H3,(H,17,22)(H,20,21). The van der Waals surface area contributed by atoms with Crippen LogP contribution < -0.4 is 5.32 Å². The number of carbonyl (C=O) groups is 3. The van der Waals surface area contributed by atoms with Crippen molar-refractivity contribution >= 4 is 17.9 Å². The van der Waals surface area contributed by atoms with Crippen LogP contribution in [0.2, 0.25) is 0 Å². The number of imide groups is 1. The van der Waals surface area contributed by atoms with E-state index in [0.29, 0.717) is 11.5 Å². The number of nitrogens with one attached hydrogen (secondary N) is 1. The molecule has 2 atom stereocenters. The SMILES string of the molecule is CCC(C(=O)O)N1C(=O)NC(c2ccc(C(C)C)cc2)C1=O. The third-order valence-electron chi connectivity index (χ3n) is 3.89. The minimum absolute atomic E-state index is 0.174. The molecule has 1 heterocycles. The average molecular weight is 304 g/mol. The molecule has 0 aliphatic carbocycles. The summed E-state index contributed by atoms with van der Waals surface area (Å²) in [6.07, 6.45) is 0.174. The molecule has 0 bridgehead atoms. The maximum absolute atomic E-state index is 12.4. The van der Waals surface area contributed by atoms with E-state index in [-0.39, 0.29) is 6.42 Å². The molecule has 0 aromatic heterocycles. The van der Waals surface area contributed by atoms with E-state index >= 15 is 0 Å². The Hall–Kier alpha value is -2.37. The van der Waals surface area contributed by atoms with Gasteiger partial charge in [-0.25, -0.2) is 14.5 Å². The van der Waals surface area contributed by atoms with Crippen molar-refractivity contribution in [3.63, 3.8) is 0 Å². The van der Waals surface area contributed by atoms with E-state index in [2.05, 4.69) is 19.2 Å². The topological polar surface area (TPSA) is 86.7 Å². The molecule has 6 nitrogen and oxygen atoms in total. The number of aliphatic carboxylic acids is 1. The molecule has 0 radical (unpaired) electrons. The van der Waals surface area contributed by atoms with Crippen LogP contribution in [0.15, 0.2) is 24.3 Å². The first-order chi connectivity index (χ1) is 10.4. The van der Waals surface area contributed by atoms with Crippen LogP contribution in [0, 0.1) is 0 Å². The van der Waals surface area contributed by atoms with Gasteiger partial charge in [-0.2, -0.15) is 0 Å². The highest BCUT2D eigenvalue weighted by atomic mass is 16.4. The number of carbonyl (C=O) groups excluding carboxylic acids is 2. The normalized spacial score (nSPS) is 19.5. The highest BCUT2D eigenvalue weighted by Crippen LogP contribution is 2.26. The van der Waals surface area contributed by atoms with E-state index in [1.807, 2.05) is 12.1 Å². The molecule has 6 heteroatoms. The van der Waals surface area contributed by atoms with Gasteiger partial charge in [0, 0.05) is 0 Å². The van der Waals surface area contributed by atoms with Crippen molar-refractivity contribution in [2.75, 3.05) is 0 Å². The van der Waals surface area contributed by atoms with Gasteiger partial charge in [0.15, 0.2) is 0 Å². The van der Waals surface area contributed by atoms with Gasteiger partial charge in [0.1, 0.15) is 12.1 Å². The zero-order valence-electron chi connectivity index (χ0n) is 12.9. The second-order valence-electron chi connectivity index (χ2n) is 5.67. The van der Waals surface area contributed by atoms with Crippen LogP contribution in [0.5, 0.6) is 0 Å². The van der Waals surface area contributed by atoms with Gasteiger partial charge in [0.2, 0.25) is 0 Å². The first-order valence-electron chi connectivity index (χ1n) is 7.33. The monoisotopic (exact) mass is 304 g/mol. The second-order valence-corrected chi connectivity index (χ2v) is 5.67. The molecular weight excluding hydrogens is 284 g/mol. The molecule has 1 aliphatic rings. The second kappa shape index (κ2) is 6.17. The van der Waals surface area contributed by atoms with E-state index in [0.717, 1.165) is 10.5 Å². The summed E-state index contributed by atoms with van der Waals surface area (Å²) in [5, 5.41) is 11.7. The van der Waals surface area contributed by atoms with Crippen LogP contribution in [0.3, 0.4) is 0 Å². The maximum atomic E-state index is 12.4. The number of rotatable bonds is 5. The number of urea groups is 1. The minimum Gasteiger partial charge on any atom is -0.480 e. The van der Waals surface area contributed by atoms with Crippen molar-refractivity contribution in [2.24, 2.45) is 0 Å². The summed E-state index contributed by atoms with van der Waals surface area (Å²) in [6.45, 7) is 5.76. The Kier molecular flexibility index (Phi) is 4.49. The van der Waals surface area contributed by atoms with Gasteiger partial charge in [-0.05, 0) is 23.5 Å². The summed E-state index contributed by atoms with van der Waals surface area (Å²) in [5.74, 6) is -1.32. The lowest BCUT2D eigenvalue weighted by Crippen LogP contribution is -2.45. The average Bonchev–Trinajstić information content (AvgIpc) is 2.76. The Balaban J connectivity index is 2.26. The number of benzene rings is 1. The van der Waals surface area contributed by atoms with E-state index in [9.17, 15) is 14.4 Å². The lowest BCUT2D eigenvalue weighted by atomic mass is 9.99. The number of carboxylic acid groups (broad SMARTS) is 1. The summed E-state index contributed by atoms with van der Waals surface area (Å²) in [4.78, 5) is 36.4. The first kappa shape index (κ1) is 16.0. The number of hydrogen-bond acceptors (Lipinski definition) is 3. The summed E-state index contributed by atoms with van der Waals surface area (Å²) in [6, 6.07) is 4.81. The molecule has 0 spiro atoms. The fraction of sp³-hybridized carbons (Fsp3) is 0.438. The Morgan fingerprint density at radius 1 is 1.27 bits per heavy atom. The van der Waals surface area contributed by atoms with Gasteiger partial charge in [0.05, 0.1) is 0 Å². The summed E-state index contributed by atoms with van der Waals surface area (Å²) in [7, 11) is 0. The van der Waals surface area contributed by atoms with Crippen molar-refractivity contribution in [1.29, 1.82) is 0 Å². The predicted octanol–water partition coefficient (Wildman–Crippen LogP) is 2.27. The van der Waals surface area contributed by atoms with Gasteiger partial charge < -0.3 is 10.4 Å². The zero-order chi connectivity index (χ0) is 16.4. The summed E-state index contributed by atoms with van der Waals surface area (Å²) < 4.78 is 0. The van der Waals surface area contributed by atoms with Gasteiger partial charge >= 0.3 is 12.0 Å². The van der Waals surface area contributed by atoms with Crippen LogP contribution >= 0.6 is 0 Å². The molecule has 2 N–H and O–H groups in total. The Morgan fingerprint density at radius 2 is 1.86 bits per heavy atom. The molecule has 22 heavy (non-hydrogen) atoms. The Labute approximate surface area is 129 Å². The largest absolute Gasteiger partial charge is 0.480 e. The van der Waals surface area contributed by atoms with Crippen molar-refractivity contribution in [2.45, 2.75) is 45.2 Å². The third-order valence-corrected chi connectivity index (χ3v) is 3.89. The lowest BCUT2D eigenvalue weighted by Gasteiger charge is -2.20. The van der Waals surface area contributed by atoms with E-state index < -0.39 is 30.0 Å². The van der Waals surface area contributed by atoms with E-state index in [1.54, 1.807) is 19.1 Å². The molecule has 118 valence electrons. The van der Waals surface area contributed by atoms with Crippen LogP contribution in [0.25, 0.3) is 0 Å². The quantitative estimate of drug-likeness (QED) is 0.817. The Morgan fingerprint density at radius 3 is 2.32 bits per heavy atom. The molecule has 1 fully saturated rings. The maximum Gasteiger partial charge on any atom is 0.326 e. The smallest absolute Gasteiger partial charge is 0.326 e. The van der Waals surface area contributed by atoms with E-state index in [4.69, 9.17) is 5.11 Å². The lowest BCUT2D eigenvalue weighted by molar-refractivity contribution is -0.146.